The van der Waals surface area contributed by atoms with Crippen LogP contribution in [0.4, 0.5) is 4.39 Å². The van der Waals surface area contributed by atoms with Crippen LogP contribution in [-0.2, 0) is 6.54 Å². The lowest BCUT2D eigenvalue weighted by Gasteiger charge is -2.15. The zero-order chi connectivity index (χ0) is 21.3. The van der Waals surface area contributed by atoms with Crippen molar-refractivity contribution in [3.8, 4) is 11.4 Å². The minimum absolute atomic E-state index is 0.102. The summed E-state index contributed by atoms with van der Waals surface area (Å²) in [6.45, 7) is 8.91. The minimum atomic E-state index is -0.266. The number of aromatic nitrogens is 4. The van der Waals surface area contributed by atoms with Crippen molar-refractivity contribution in [3.63, 3.8) is 0 Å². The van der Waals surface area contributed by atoms with Crippen LogP contribution >= 0.6 is 0 Å². The zero-order valence-corrected chi connectivity index (χ0v) is 17.7. The number of aryl methyl sites for hydroxylation is 2. The average Bonchev–Trinajstić information content (AvgIpc) is 3.28. The summed E-state index contributed by atoms with van der Waals surface area (Å²) in [6, 6.07) is 17.1. The topological polar surface area (TPSA) is 47.7 Å². The Morgan fingerprint density at radius 1 is 0.967 bits per heavy atom. The highest BCUT2D eigenvalue weighted by Crippen LogP contribution is 2.21. The number of halogens is 1. The maximum atomic E-state index is 13.6. The molecule has 0 fully saturated rings. The van der Waals surface area contributed by atoms with Gasteiger partial charge in [-0.25, -0.2) is 13.8 Å². The number of rotatable bonds is 6. The third-order valence-electron chi connectivity index (χ3n) is 5.34. The van der Waals surface area contributed by atoms with Gasteiger partial charge in [-0.3, -0.25) is 0 Å². The van der Waals surface area contributed by atoms with Crippen LogP contribution in [0.25, 0.3) is 11.4 Å². The summed E-state index contributed by atoms with van der Waals surface area (Å²) in [6.07, 6.45) is 1.85. The van der Waals surface area contributed by atoms with E-state index in [9.17, 15) is 4.39 Å². The quantitative estimate of drug-likeness (QED) is 0.494. The summed E-state index contributed by atoms with van der Waals surface area (Å²) in [4.78, 5) is 0. The largest absolute Gasteiger partial charge is 0.306 e. The second kappa shape index (κ2) is 8.24. The van der Waals surface area contributed by atoms with Gasteiger partial charge >= 0.3 is 0 Å². The van der Waals surface area contributed by atoms with Crippen molar-refractivity contribution in [2.75, 3.05) is 0 Å². The van der Waals surface area contributed by atoms with Crippen LogP contribution in [0, 0.1) is 26.6 Å². The molecule has 2 aromatic carbocycles. The van der Waals surface area contributed by atoms with Crippen LogP contribution < -0.4 is 5.32 Å². The lowest BCUT2D eigenvalue weighted by molar-refractivity contribution is 0.571. The van der Waals surface area contributed by atoms with Gasteiger partial charge in [0.1, 0.15) is 5.82 Å². The Bertz CT molecular complexity index is 1170. The molecule has 5 nitrogen and oxygen atoms in total. The van der Waals surface area contributed by atoms with Crippen molar-refractivity contribution in [1.29, 1.82) is 0 Å². The van der Waals surface area contributed by atoms with E-state index in [0.717, 1.165) is 40.6 Å². The van der Waals surface area contributed by atoms with Crippen molar-refractivity contribution in [2.45, 2.75) is 40.3 Å². The molecule has 0 amide bonds. The van der Waals surface area contributed by atoms with Crippen LogP contribution in [0.5, 0.6) is 0 Å². The fraction of sp³-hybridized carbons (Fsp3) is 0.250. The summed E-state index contributed by atoms with van der Waals surface area (Å²) >= 11 is 0. The molecule has 0 saturated heterocycles. The first-order valence-electron chi connectivity index (χ1n) is 10.1. The second-order valence-corrected chi connectivity index (χ2v) is 7.69. The van der Waals surface area contributed by atoms with Crippen molar-refractivity contribution in [3.05, 3.63) is 94.8 Å². The van der Waals surface area contributed by atoms with Crippen molar-refractivity contribution < 1.29 is 4.39 Å². The molecule has 2 heterocycles. The van der Waals surface area contributed by atoms with E-state index in [1.54, 1.807) is 10.7 Å². The highest BCUT2D eigenvalue weighted by atomic mass is 19.1. The number of nitrogens with zero attached hydrogens (tertiary/aromatic N) is 4. The molecule has 0 radical (unpaired) electrons. The summed E-state index contributed by atoms with van der Waals surface area (Å²) in [7, 11) is 0. The Morgan fingerprint density at radius 2 is 1.70 bits per heavy atom. The smallest absolute Gasteiger partial charge is 0.125 e. The fourth-order valence-electron chi connectivity index (χ4n) is 3.78. The SMILES string of the molecule is Cc1cc(C)n(-c2cccc(CN[C@@H](C)c3cnn(-c4cccc(F)c4)c3C)c2)n1. The fourth-order valence-corrected chi connectivity index (χ4v) is 3.78. The third-order valence-corrected chi connectivity index (χ3v) is 5.34. The molecule has 4 aromatic rings. The summed E-state index contributed by atoms with van der Waals surface area (Å²) in [5.41, 5.74) is 7.18. The molecule has 0 bridgehead atoms. The van der Waals surface area contributed by atoms with Crippen LogP contribution in [0.3, 0.4) is 0 Å². The summed E-state index contributed by atoms with van der Waals surface area (Å²) in [5.74, 6) is -0.266. The van der Waals surface area contributed by atoms with Crippen molar-refractivity contribution >= 4 is 0 Å². The highest BCUT2D eigenvalue weighted by Gasteiger charge is 2.14. The molecule has 154 valence electrons. The van der Waals surface area contributed by atoms with Gasteiger partial charge in [0.25, 0.3) is 0 Å². The van der Waals surface area contributed by atoms with E-state index in [0.29, 0.717) is 0 Å². The minimum Gasteiger partial charge on any atom is -0.306 e. The van der Waals surface area contributed by atoms with Gasteiger partial charge in [-0.15, -0.1) is 0 Å². The second-order valence-electron chi connectivity index (χ2n) is 7.69. The standard InChI is InChI=1S/C24H26FN5/c1-16-11-17(2)29(28-16)22-9-5-7-20(12-22)14-26-18(3)24-15-27-30(19(24)4)23-10-6-8-21(25)13-23/h5-13,15,18,26H,14H2,1-4H3/t18-/m0/s1. The molecule has 0 saturated carbocycles. The predicted octanol–water partition coefficient (Wildman–Crippen LogP) is 4.97. The molecule has 0 aliphatic carbocycles. The van der Waals surface area contributed by atoms with E-state index in [4.69, 9.17) is 0 Å². The molecular weight excluding hydrogens is 377 g/mol. The molecule has 30 heavy (non-hydrogen) atoms. The van der Waals surface area contributed by atoms with E-state index in [-0.39, 0.29) is 11.9 Å². The molecule has 0 aliphatic rings. The molecular formula is C24H26FN5. The normalized spacial score (nSPS) is 12.3. The van der Waals surface area contributed by atoms with Gasteiger partial charge < -0.3 is 5.32 Å². The van der Waals surface area contributed by atoms with Gasteiger partial charge in [-0.05, 0) is 69.7 Å². The van der Waals surface area contributed by atoms with Gasteiger partial charge in [0.05, 0.1) is 23.3 Å². The molecule has 2 aromatic heterocycles. The highest BCUT2D eigenvalue weighted by molar-refractivity contribution is 5.38. The zero-order valence-electron chi connectivity index (χ0n) is 17.7. The first kappa shape index (κ1) is 20.0. The van der Waals surface area contributed by atoms with Crippen LogP contribution in [-0.4, -0.2) is 19.6 Å². The van der Waals surface area contributed by atoms with Gasteiger partial charge in [-0.1, -0.05) is 18.2 Å². The van der Waals surface area contributed by atoms with Gasteiger partial charge in [0.15, 0.2) is 0 Å². The van der Waals surface area contributed by atoms with E-state index in [2.05, 4.69) is 59.7 Å². The van der Waals surface area contributed by atoms with E-state index in [1.807, 2.05) is 30.8 Å². The van der Waals surface area contributed by atoms with Crippen LogP contribution in [0.2, 0.25) is 0 Å². The van der Waals surface area contributed by atoms with Gasteiger partial charge in [-0.2, -0.15) is 10.2 Å². The number of nitrogens with one attached hydrogen (secondary N) is 1. The molecule has 6 heteroatoms. The Labute approximate surface area is 176 Å². The van der Waals surface area contributed by atoms with Crippen LogP contribution in [0.1, 0.15) is 41.2 Å². The predicted molar refractivity (Wildman–Crippen MR) is 117 cm³/mol. The van der Waals surface area contributed by atoms with Gasteiger partial charge in [0.2, 0.25) is 0 Å². The Balaban J connectivity index is 1.49. The van der Waals surface area contributed by atoms with Gasteiger partial charge in [0, 0.05) is 29.5 Å². The first-order valence-corrected chi connectivity index (χ1v) is 10.1. The molecule has 1 atom stereocenters. The molecule has 0 spiro atoms. The molecule has 1 N–H and O–H groups in total. The third kappa shape index (κ3) is 4.04. The number of benzene rings is 2. The van der Waals surface area contributed by atoms with E-state index < -0.39 is 0 Å². The van der Waals surface area contributed by atoms with Crippen molar-refractivity contribution in [1.82, 2.24) is 24.9 Å². The summed E-state index contributed by atoms with van der Waals surface area (Å²) < 4.78 is 17.3. The maximum Gasteiger partial charge on any atom is 0.125 e. The molecule has 0 aliphatic heterocycles. The van der Waals surface area contributed by atoms with Crippen LogP contribution in [0.15, 0.2) is 60.8 Å². The molecule has 4 rings (SSSR count). The summed E-state index contributed by atoms with van der Waals surface area (Å²) in [5, 5.41) is 12.6. The van der Waals surface area contributed by atoms with Crippen molar-refractivity contribution in [2.24, 2.45) is 0 Å². The number of hydrogen-bond donors (Lipinski definition) is 1. The maximum absolute atomic E-state index is 13.6. The van der Waals surface area contributed by atoms with E-state index in [1.165, 1.54) is 17.7 Å². The number of hydrogen-bond acceptors (Lipinski definition) is 3. The molecule has 0 unspecified atom stereocenters. The Kier molecular flexibility index (Phi) is 5.50. The lowest BCUT2D eigenvalue weighted by Crippen LogP contribution is -2.19. The van der Waals surface area contributed by atoms with E-state index >= 15 is 0 Å². The lowest BCUT2D eigenvalue weighted by atomic mass is 10.1. The average molecular weight is 404 g/mol. The Morgan fingerprint density at radius 3 is 2.40 bits per heavy atom. The Hall–Kier alpha value is -3.25. The monoisotopic (exact) mass is 403 g/mol. The first-order chi connectivity index (χ1) is 14.4.